The largest absolute Gasteiger partial charge is 0.350 e. The fourth-order valence-corrected chi connectivity index (χ4v) is 4.91. The van der Waals surface area contributed by atoms with Crippen LogP contribution in [0.5, 0.6) is 0 Å². The summed E-state index contributed by atoms with van der Waals surface area (Å²) in [6, 6.07) is 0. The Hall–Kier alpha value is -1.37. The van der Waals surface area contributed by atoms with Crippen molar-refractivity contribution in [3.8, 4) is 0 Å². The Labute approximate surface area is 131 Å². The van der Waals surface area contributed by atoms with Crippen LogP contribution in [-0.4, -0.2) is 42.6 Å². The first-order valence-electron chi connectivity index (χ1n) is 7.99. The molecule has 22 heavy (non-hydrogen) atoms. The lowest BCUT2D eigenvalue weighted by Crippen LogP contribution is -2.34. The van der Waals surface area contributed by atoms with Crippen molar-refractivity contribution in [1.82, 2.24) is 15.5 Å². The number of fused-ring (bicyclic) bond motifs is 1. The van der Waals surface area contributed by atoms with E-state index in [1.54, 1.807) is 0 Å². The second-order valence-electron chi connectivity index (χ2n) is 6.68. The molecule has 1 saturated heterocycles. The predicted molar refractivity (Wildman–Crippen MR) is 83.5 cm³/mol. The van der Waals surface area contributed by atoms with Gasteiger partial charge in [0.1, 0.15) is 9.84 Å². The van der Waals surface area contributed by atoms with Gasteiger partial charge in [0.2, 0.25) is 0 Å². The second-order valence-corrected chi connectivity index (χ2v) is 8.99. The molecule has 1 amide bonds. The average molecular weight is 325 g/mol. The number of carbonyl (C=O) groups is 1. The van der Waals surface area contributed by atoms with Gasteiger partial charge in [-0.3, -0.25) is 9.89 Å². The third kappa shape index (κ3) is 3.34. The monoisotopic (exact) mass is 325 g/mol. The quantitative estimate of drug-likeness (QED) is 0.870. The molecule has 1 fully saturated rings. The number of rotatable bonds is 3. The topological polar surface area (TPSA) is 91.9 Å². The smallest absolute Gasteiger partial charge is 0.272 e. The molecular formula is C15H23N3O3S. The van der Waals surface area contributed by atoms with Crippen LogP contribution < -0.4 is 5.32 Å². The van der Waals surface area contributed by atoms with E-state index in [2.05, 4.69) is 22.4 Å². The van der Waals surface area contributed by atoms with Crippen molar-refractivity contribution < 1.29 is 13.2 Å². The Balaban J connectivity index is 1.58. The van der Waals surface area contributed by atoms with E-state index in [9.17, 15) is 13.2 Å². The van der Waals surface area contributed by atoms with Crippen LogP contribution in [0.4, 0.5) is 0 Å². The van der Waals surface area contributed by atoms with Gasteiger partial charge in [-0.2, -0.15) is 5.10 Å². The van der Waals surface area contributed by atoms with Gasteiger partial charge in [-0.25, -0.2) is 8.42 Å². The molecule has 2 N–H and O–H groups in total. The number of H-pyrrole nitrogens is 1. The molecule has 1 aliphatic carbocycles. The van der Waals surface area contributed by atoms with E-state index in [1.807, 2.05) is 0 Å². The van der Waals surface area contributed by atoms with Gasteiger partial charge in [0, 0.05) is 17.8 Å². The number of hydrogen-bond acceptors (Lipinski definition) is 4. The predicted octanol–water partition coefficient (Wildman–Crippen LogP) is 1.09. The molecule has 122 valence electrons. The van der Waals surface area contributed by atoms with Crippen LogP contribution in [0, 0.1) is 11.8 Å². The van der Waals surface area contributed by atoms with Crippen LogP contribution in [0.1, 0.15) is 47.9 Å². The highest BCUT2D eigenvalue weighted by atomic mass is 32.2. The molecule has 0 radical (unpaired) electrons. The molecule has 1 aliphatic heterocycles. The first-order chi connectivity index (χ1) is 10.4. The maximum atomic E-state index is 12.3. The molecule has 1 atom stereocenters. The molecule has 0 spiro atoms. The summed E-state index contributed by atoms with van der Waals surface area (Å²) in [5.41, 5.74) is 2.67. The fraction of sp³-hybridized carbons (Fsp3) is 0.733. The summed E-state index contributed by atoms with van der Waals surface area (Å²) in [6.45, 7) is 2.73. The van der Waals surface area contributed by atoms with Gasteiger partial charge in [-0.1, -0.05) is 6.92 Å². The number of nitrogens with zero attached hydrogens (tertiary/aromatic N) is 1. The highest BCUT2D eigenvalue weighted by molar-refractivity contribution is 7.91. The lowest BCUT2D eigenvalue weighted by atomic mass is 9.87. The number of aromatic amines is 1. The lowest BCUT2D eigenvalue weighted by Gasteiger charge is -2.22. The van der Waals surface area contributed by atoms with Crippen molar-refractivity contribution in [2.24, 2.45) is 11.8 Å². The Kier molecular flexibility index (Phi) is 4.25. The minimum Gasteiger partial charge on any atom is -0.350 e. The summed E-state index contributed by atoms with van der Waals surface area (Å²) in [4.78, 5) is 12.3. The van der Waals surface area contributed by atoms with E-state index in [0.29, 0.717) is 31.0 Å². The van der Waals surface area contributed by atoms with E-state index >= 15 is 0 Å². The first-order valence-corrected chi connectivity index (χ1v) is 9.81. The molecule has 7 heteroatoms. The molecule has 0 saturated carbocycles. The summed E-state index contributed by atoms with van der Waals surface area (Å²) in [5, 5.41) is 10.1. The van der Waals surface area contributed by atoms with Gasteiger partial charge in [-0.05, 0) is 43.9 Å². The molecular weight excluding hydrogens is 302 g/mol. The Morgan fingerprint density at radius 1 is 1.32 bits per heavy atom. The van der Waals surface area contributed by atoms with Gasteiger partial charge in [0.25, 0.3) is 5.91 Å². The maximum absolute atomic E-state index is 12.3. The first kappa shape index (κ1) is 15.5. The maximum Gasteiger partial charge on any atom is 0.272 e. The van der Waals surface area contributed by atoms with E-state index in [1.165, 1.54) is 0 Å². The number of carbonyl (C=O) groups excluding carboxylic acids is 1. The summed E-state index contributed by atoms with van der Waals surface area (Å²) in [5.74, 6) is 1.17. The van der Waals surface area contributed by atoms with Crippen LogP contribution >= 0.6 is 0 Å². The Morgan fingerprint density at radius 2 is 2.05 bits per heavy atom. The van der Waals surface area contributed by atoms with Gasteiger partial charge in [0.15, 0.2) is 5.69 Å². The fourth-order valence-electron chi connectivity index (χ4n) is 3.32. The summed E-state index contributed by atoms with van der Waals surface area (Å²) >= 11 is 0. The SMILES string of the molecule is C[C@H]1CCc2[nH]nc(C(=O)NCC3CCS(=O)(=O)CC3)c2C1. The highest BCUT2D eigenvalue weighted by Gasteiger charge is 2.27. The highest BCUT2D eigenvalue weighted by Crippen LogP contribution is 2.26. The normalized spacial score (nSPS) is 24.7. The Morgan fingerprint density at radius 3 is 2.77 bits per heavy atom. The lowest BCUT2D eigenvalue weighted by molar-refractivity contribution is 0.0940. The molecule has 1 aromatic heterocycles. The molecule has 1 aromatic rings. The van der Waals surface area contributed by atoms with Crippen LogP contribution in [0.2, 0.25) is 0 Å². The number of sulfone groups is 1. The van der Waals surface area contributed by atoms with Crippen LogP contribution in [0.25, 0.3) is 0 Å². The van der Waals surface area contributed by atoms with Crippen LogP contribution in [-0.2, 0) is 22.7 Å². The van der Waals surface area contributed by atoms with Crippen molar-refractivity contribution in [3.05, 3.63) is 17.0 Å². The van der Waals surface area contributed by atoms with E-state index in [4.69, 9.17) is 0 Å². The average Bonchev–Trinajstić information content (AvgIpc) is 2.89. The number of aryl methyl sites for hydroxylation is 1. The summed E-state index contributed by atoms with van der Waals surface area (Å²) in [6.07, 6.45) is 4.26. The molecule has 0 unspecified atom stereocenters. The molecule has 0 aromatic carbocycles. The number of hydrogen-bond donors (Lipinski definition) is 2. The summed E-state index contributed by atoms with van der Waals surface area (Å²) in [7, 11) is -2.85. The number of amides is 1. The molecule has 3 rings (SSSR count). The molecule has 0 bridgehead atoms. The number of aromatic nitrogens is 2. The standard InChI is InChI=1S/C15H23N3O3S/c1-10-2-3-13-12(8-10)14(18-17-13)15(19)16-9-11-4-6-22(20,21)7-5-11/h10-11H,2-9H2,1H3,(H,16,19)(H,17,18)/t10-/m0/s1. The van der Waals surface area contributed by atoms with Crippen molar-refractivity contribution in [3.63, 3.8) is 0 Å². The minimum absolute atomic E-state index is 0.139. The minimum atomic E-state index is -2.85. The van der Waals surface area contributed by atoms with E-state index in [-0.39, 0.29) is 23.3 Å². The zero-order valence-electron chi connectivity index (χ0n) is 12.9. The van der Waals surface area contributed by atoms with Crippen molar-refractivity contribution in [1.29, 1.82) is 0 Å². The van der Waals surface area contributed by atoms with Crippen LogP contribution in [0.15, 0.2) is 0 Å². The van der Waals surface area contributed by atoms with Crippen LogP contribution in [0.3, 0.4) is 0 Å². The van der Waals surface area contributed by atoms with Gasteiger partial charge >= 0.3 is 0 Å². The Bertz CT molecular complexity index is 652. The second kappa shape index (κ2) is 6.02. The molecule has 2 aliphatic rings. The van der Waals surface area contributed by atoms with Crippen molar-refractivity contribution in [2.75, 3.05) is 18.1 Å². The molecule has 6 nitrogen and oxygen atoms in total. The zero-order chi connectivity index (χ0) is 15.7. The van der Waals surface area contributed by atoms with Gasteiger partial charge in [0.05, 0.1) is 11.5 Å². The van der Waals surface area contributed by atoms with Gasteiger partial charge < -0.3 is 5.32 Å². The van der Waals surface area contributed by atoms with E-state index < -0.39 is 9.84 Å². The van der Waals surface area contributed by atoms with E-state index in [0.717, 1.165) is 30.5 Å². The van der Waals surface area contributed by atoms with Crippen molar-refractivity contribution >= 4 is 15.7 Å². The van der Waals surface area contributed by atoms with Crippen molar-refractivity contribution in [2.45, 2.75) is 39.0 Å². The molecule has 2 heterocycles. The third-order valence-electron chi connectivity index (χ3n) is 4.83. The third-order valence-corrected chi connectivity index (χ3v) is 6.55. The van der Waals surface area contributed by atoms with Gasteiger partial charge in [-0.15, -0.1) is 0 Å². The summed E-state index contributed by atoms with van der Waals surface area (Å²) < 4.78 is 22.8. The zero-order valence-corrected chi connectivity index (χ0v) is 13.7. The number of nitrogens with one attached hydrogen (secondary N) is 2.